The van der Waals surface area contributed by atoms with Gasteiger partial charge < -0.3 is 14.8 Å². The van der Waals surface area contributed by atoms with Crippen LogP contribution in [0, 0.1) is 0 Å². The summed E-state index contributed by atoms with van der Waals surface area (Å²) in [6, 6.07) is 11.8. The standard InChI is InChI=1S/C22H31NO3/c1-5-7-15-22(3,25-4)21(24)23-19-13-14-20(26-16-8-6-2)18-12-10-9-11-17(18)19/h9-14H,5-8,15-16H2,1-4H3,(H,23,24)/t22-/m0/s1. The van der Waals surface area contributed by atoms with Gasteiger partial charge in [-0.3, -0.25) is 4.79 Å². The highest BCUT2D eigenvalue weighted by atomic mass is 16.5. The van der Waals surface area contributed by atoms with Gasteiger partial charge in [0.15, 0.2) is 0 Å². The maximum Gasteiger partial charge on any atom is 0.256 e. The van der Waals surface area contributed by atoms with Crippen LogP contribution in [-0.4, -0.2) is 25.2 Å². The van der Waals surface area contributed by atoms with Gasteiger partial charge in [-0.2, -0.15) is 0 Å². The summed E-state index contributed by atoms with van der Waals surface area (Å²) in [6.45, 7) is 6.80. The summed E-state index contributed by atoms with van der Waals surface area (Å²) in [5.41, 5.74) is -0.0406. The molecule has 0 aliphatic rings. The van der Waals surface area contributed by atoms with Crippen molar-refractivity contribution >= 4 is 22.4 Å². The zero-order valence-electron chi connectivity index (χ0n) is 16.4. The van der Waals surface area contributed by atoms with Gasteiger partial charge in [0.2, 0.25) is 0 Å². The fourth-order valence-electron chi connectivity index (χ4n) is 2.91. The molecule has 0 saturated heterocycles. The van der Waals surface area contributed by atoms with Gasteiger partial charge in [-0.05, 0) is 31.9 Å². The minimum absolute atomic E-state index is 0.113. The van der Waals surface area contributed by atoms with Crippen molar-refractivity contribution in [1.82, 2.24) is 0 Å². The fourth-order valence-corrected chi connectivity index (χ4v) is 2.91. The number of hydrogen-bond donors (Lipinski definition) is 1. The predicted molar refractivity (Wildman–Crippen MR) is 108 cm³/mol. The number of rotatable bonds is 10. The third-order valence-corrected chi connectivity index (χ3v) is 4.83. The Morgan fingerprint density at radius 2 is 1.73 bits per heavy atom. The topological polar surface area (TPSA) is 47.6 Å². The third-order valence-electron chi connectivity index (χ3n) is 4.83. The molecule has 0 heterocycles. The Labute approximate surface area is 156 Å². The summed E-state index contributed by atoms with van der Waals surface area (Å²) in [4.78, 5) is 12.8. The molecule has 1 atom stereocenters. The van der Waals surface area contributed by atoms with Gasteiger partial charge in [-0.1, -0.05) is 57.4 Å². The molecule has 4 heteroatoms. The number of hydrogen-bond acceptors (Lipinski definition) is 3. The number of anilines is 1. The second-order valence-electron chi connectivity index (χ2n) is 6.85. The molecule has 0 unspecified atom stereocenters. The van der Waals surface area contributed by atoms with E-state index < -0.39 is 5.60 Å². The van der Waals surface area contributed by atoms with Gasteiger partial charge in [0.05, 0.1) is 6.61 Å². The molecule has 0 aliphatic carbocycles. The van der Waals surface area contributed by atoms with Crippen molar-refractivity contribution in [3.63, 3.8) is 0 Å². The number of unbranched alkanes of at least 4 members (excludes halogenated alkanes) is 2. The van der Waals surface area contributed by atoms with Gasteiger partial charge in [-0.15, -0.1) is 0 Å². The highest BCUT2D eigenvalue weighted by Crippen LogP contribution is 2.32. The first-order valence-corrected chi connectivity index (χ1v) is 9.57. The molecule has 0 spiro atoms. The zero-order valence-corrected chi connectivity index (χ0v) is 16.4. The summed E-state index contributed by atoms with van der Waals surface area (Å²) in [6.07, 6.45) is 4.79. The predicted octanol–water partition coefficient (Wildman–Crippen LogP) is 5.55. The molecule has 0 saturated carbocycles. The van der Waals surface area contributed by atoms with E-state index in [1.165, 1.54) is 0 Å². The first-order chi connectivity index (χ1) is 12.6. The Morgan fingerprint density at radius 3 is 2.38 bits per heavy atom. The molecule has 2 rings (SSSR count). The van der Waals surface area contributed by atoms with E-state index in [2.05, 4.69) is 19.2 Å². The normalized spacial score (nSPS) is 13.4. The minimum atomic E-state index is -0.826. The van der Waals surface area contributed by atoms with Crippen molar-refractivity contribution in [2.75, 3.05) is 19.0 Å². The quantitative estimate of drug-likeness (QED) is 0.567. The SMILES string of the molecule is CCCCOc1ccc(NC(=O)[C@](C)(CCCC)OC)c2ccccc12. The third kappa shape index (κ3) is 4.76. The lowest BCUT2D eigenvalue weighted by Gasteiger charge is -2.27. The smallest absolute Gasteiger partial charge is 0.256 e. The molecule has 26 heavy (non-hydrogen) atoms. The summed E-state index contributed by atoms with van der Waals surface area (Å²) >= 11 is 0. The first-order valence-electron chi connectivity index (χ1n) is 9.57. The Hall–Kier alpha value is -2.07. The highest BCUT2D eigenvalue weighted by Gasteiger charge is 2.32. The second kappa shape index (κ2) is 9.58. The minimum Gasteiger partial charge on any atom is -0.493 e. The number of benzene rings is 2. The van der Waals surface area contributed by atoms with Gasteiger partial charge in [0.1, 0.15) is 11.4 Å². The molecular formula is C22H31NO3. The van der Waals surface area contributed by atoms with Crippen LogP contribution >= 0.6 is 0 Å². The van der Waals surface area contributed by atoms with E-state index in [9.17, 15) is 4.79 Å². The Kier molecular flexibility index (Phi) is 7.46. The van der Waals surface area contributed by atoms with Crippen LogP contribution in [0.25, 0.3) is 10.8 Å². The largest absolute Gasteiger partial charge is 0.493 e. The Morgan fingerprint density at radius 1 is 1.04 bits per heavy atom. The Bertz CT molecular complexity index is 728. The highest BCUT2D eigenvalue weighted by molar-refractivity contribution is 6.06. The first kappa shape index (κ1) is 20.2. The van der Waals surface area contributed by atoms with Crippen LogP contribution in [0.4, 0.5) is 5.69 Å². The summed E-state index contributed by atoms with van der Waals surface area (Å²) in [5.74, 6) is 0.741. The lowest BCUT2D eigenvalue weighted by Crippen LogP contribution is -2.42. The molecule has 0 radical (unpaired) electrons. The number of carbonyl (C=O) groups is 1. The van der Waals surface area contributed by atoms with Crippen LogP contribution in [0.2, 0.25) is 0 Å². The maximum atomic E-state index is 12.8. The molecule has 1 N–H and O–H groups in total. The van der Waals surface area contributed by atoms with Crippen LogP contribution in [0.1, 0.15) is 52.9 Å². The van der Waals surface area contributed by atoms with Crippen molar-refractivity contribution in [2.24, 2.45) is 0 Å². The molecule has 4 nitrogen and oxygen atoms in total. The maximum absolute atomic E-state index is 12.8. The Balaban J connectivity index is 2.27. The van der Waals surface area contributed by atoms with Gasteiger partial charge in [0.25, 0.3) is 5.91 Å². The van der Waals surface area contributed by atoms with Crippen LogP contribution in [0.5, 0.6) is 5.75 Å². The van der Waals surface area contributed by atoms with E-state index in [0.717, 1.165) is 47.9 Å². The molecular weight excluding hydrogens is 326 g/mol. The van der Waals surface area contributed by atoms with Gasteiger partial charge in [-0.25, -0.2) is 0 Å². The number of nitrogens with one attached hydrogen (secondary N) is 1. The van der Waals surface area contributed by atoms with Crippen molar-refractivity contribution in [3.05, 3.63) is 36.4 Å². The van der Waals surface area contributed by atoms with Crippen LogP contribution in [-0.2, 0) is 9.53 Å². The number of amides is 1. The van der Waals surface area contributed by atoms with E-state index in [1.54, 1.807) is 7.11 Å². The van der Waals surface area contributed by atoms with E-state index in [1.807, 2.05) is 43.3 Å². The molecule has 2 aromatic carbocycles. The van der Waals surface area contributed by atoms with Gasteiger partial charge >= 0.3 is 0 Å². The zero-order chi connectivity index (χ0) is 19.0. The van der Waals surface area contributed by atoms with Crippen molar-refractivity contribution in [1.29, 1.82) is 0 Å². The van der Waals surface area contributed by atoms with E-state index in [-0.39, 0.29) is 5.91 Å². The van der Waals surface area contributed by atoms with Crippen LogP contribution < -0.4 is 10.1 Å². The molecule has 1 amide bonds. The summed E-state index contributed by atoms with van der Waals surface area (Å²) < 4.78 is 11.5. The molecule has 0 aliphatic heterocycles. The molecule has 0 bridgehead atoms. The number of fused-ring (bicyclic) bond motifs is 1. The van der Waals surface area contributed by atoms with Gasteiger partial charge in [0, 0.05) is 23.6 Å². The molecule has 0 aromatic heterocycles. The van der Waals surface area contributed by atoms with E-state index in [0.29, 0.717) is 13.0 Å². The molecule has 2 aromatic rings. The van der Waals surface area contributed by atoms with E-state index >= 15 is 0 Å². The number of methoxy groups -OCH3 is 1. The lowest BCUT2D eigenvalue weighted by atomic mass is 9.97. The second-order valence-corrected chi connectivity index (χ2v) is 6.85. The lowest BCUT2D eigenvalue weighted by molar-refractivity contribution is -0.136. The van der Waals surface area contributed by atoms with Crippen molar-refractivity contribution < 1.29 is 14.3 Å². The van der Waals surface area contributed by atoms with Crippen LogP contribution in [0.3, 0.4) is 0 Å². The summed E-state index contributed by atoms with van der Waals surface area (Å²) in [7, 11) is 1.60. The molecule has 142 valence electrons. The fraction of sp³-hybridized carbons (Fsp3) is 0.500. The van der Waals surface area contributed by atoms with Crippen molar-refractivity contribution in [3.8, 4) is 5.75 Å². The van der Waals surface area contributed by atoms with E-state index in [4.69, 9.17) is 9.47 Å². The number of ether oxygens (including phenoxy) is 2. The number of carbonyl (C=O) groups excluding carboxylic acids is 1. The summed E-state index contributed by atoms with van der Waals surface area (Å²) in [5, 5.41) is 5.04. The molecule has 0 fully saturated rings. The monoisotopic (exact) mass is 357 g/mol. The van der Waals surface area contributed by atoms with Crippen molar-refractivity contribution in [2.45, 2.75) is 58.5 Å². The average molecular weight is 357 g/mol. The average Bonchev–Trinajstić information content (AvgIpc) is 2.67. The van der Waals surface area contributed by atoms with Crippen LogP contribution in [0.15, 0.2) is 36.4 Å².